The average molecular weight is 255 g/mol. The molecule has 1 aromatic carbocycles. The number of hydrogen-bond donors (Lipinski definition) is 1. The van der Waals surface area contributed by atoms with Crippen LogP contribution in [0.15, 0.2) is 47.5 Å². The van der Waals surface area contributed by atoms with E-state index in [-0.39, 0.29) is 0 Å². The van der Waals surface area contributed by atoms with E-state index in [0.29, 0.717) is 12.2 Å². The maximum Gasteiger partial charge on any atom is 0.144 e. The van der Waals surface area contributed by atoms with E-state index in [1.165, 1.54) is 4.90 Å². The van der Waals surface area contributed by atoms with Crippen molar-refractivity contribution in [3.05, 3.63) is 59.4 Å². The fourth-order valence-corrected chi connectivity index (χ4v) is 2.42. The molecule has 2 N–H and O–H groups in total. The minimum atomic E-state index is 0.503. The van der Waals surface area contributed by atoms with E-state index in [0.717, 1.165) is 16.9 Å². The zero-order valence-corrected chi connectivity index (χ0v) is 10.7. The van der Waals surface area contributed by atoms with Gasteiger partial charge in [0.1, 0.15) is 11.8 Å². The van der Waals surface area contributed by atoms with Gasteiger partial charge in [-0.15, -0.1) is 11.8 Å². The van der Waals surface area contributed by atoms with Crippen molar-refractivity contribution in [3.8, 4) is 6.07 Å². The number of aromatic nitrogens is 1. The zero-order chi connectivity index (χ0) is 12.8. The zero-order valence-electron chi connectivity index (χ0n) is 9.84. The Hall–Kier alpha value is -1.83. The number of benzene rings is 1. The van der Waals surface area contributed by atoms with Crippen LogP contribution in [0.5, 0.6) is 0 Å². The summed E-state index contributed by atoms with van der Waals surface area (Å²) in [6, 6.07) is 14.1. The number of nitrogens with two attached hydrogens (primary N) is 1. The largest absolute Gasteiger partial charge is 0.326 e. The molecule has 3 nitrogen and oxygen atoms in total. The lowest BCUT2D eigenvalue weighted by molar-refractivity contribution is 1.07. The third-order valence-electron chi connectivity index (χ3n) is 2.55. The molecule has 2 aromatic rings. The molecular weight excluding hydrogens is 242 g/mol. The van der Waals surface area contributed by atoms with E-state index < -0.39 is 0 Å². The molecular formula is C14H13N3S. The summed E-state index contributed by atoms with van der Waals surface area (Å²) < 4.78 is 0. The number of nitrogens with zero attached hydrogens (tertiary/aromatic N) is 2. The maximum absolute atomic E-state index is 8.95. The lowest BCUT2D eigenvalue weighted by atomic mass is 10.2. The highest BCUT2D eigenvalue weighted by Gasteiger charge is 2.03. The molecule has 0 aliphatic carbocycles. The van der Waals surface area contributed by atoms with Gasteiger partial charge < -0.3 is 5.73 Å². The summed E-state index contributed by atoms with van der Waals surface area (Å²) in [6.45, 7) is 0.562. The Labute approximate surface area is 111 Å². The smallest absolute Gasteiger partial charge is 0.144 e. The lowest BCUT2D eigenvalue weighted by Crippen LogP contribution is -1.95. The van der Waals surface area contributed by atoms with Crippen LogP contribution in [-0.2, 0) is 12.3 Å². The Morgan fingerprint density at radius 2 is 2.00 bits per heavy atom. The van der Waals surface area contributed by atoms with Gasteiger partial charge in [-0.3, -0.25) is 0 Å². The minimum absolute atomic E-state index is 0.503. The van der Waals surface area contributed by atoms with E-state index in [2.05, 4.69) is 23.2 Å². The van der Waals surface area contributed by atoms with Gasteiger partial charge in [-0.2, -0.15) is 5.26 Å². The highest BCUT2D eigenvalue weighted by Crippen LogP contribution is 2.23. The molecule has 0 saturated heterocycles. The Morgan fingerprint density at radius 3 is 2.67 bits per heavy atom. The van der Waals surface area contributed by atoms with E-state index >= 15 is 0 Å². The molecule has 1 heterocycles. The van der Waals surface area contributed by atoms with Gasteiger partial charge in [-0.25, -0.2) is 4.98 Å². The van der Waals surface area contributed by atoms with Crippen molar-refractivity contribution in [1.29, 1.82) is 5.26 Å². The topological polar surface area (TPSA) is 62.7 Å². The highest BCUT2D eigenvalue weighted by atomic mass is 32.2. The van der Waals surface area contributed by atoms with Crippen LogP contribution in [0.3, 0.4) is 0 Å². The molecule has 0 radical (unpaired) electrons. The quantitative estimate of drug-likeness (QED) is 0.853. The van der Waals surface area contributed by atoms with Gasteiger partial charge in [-0.05, 0) is 29.3 Å². The van der Waals surface area contributed by atoms with Gasteiger partial charge in [0.05, 0.1) is 0 Å². The molecule has 0 amide bonds. The van der Waals surface area contributed by atoms with E-state index in [9.17, 15) is 0 Å². The van der Waals surface area contributed by atoms with Crippen molar-refractivity contribution in [1.82, 2.24) is 4.98 Å². The first-order chi connectivity index (χ1) is 8.83. The summed E-state index contributed by atoms with van der Waals surface area (Å²) in [7, 11) is 0. The van der Waals surface area contributed by atoms with Crippen LogP contribution in [0.25, 0.3) is 0 Å². The van der Waals surface area contributed by atoms with Crippen molar-refractivity contribution in [2.75, 3.05) is 0 Å². The summed E-state index contributed by atoms with van der Waals surface area (Å²) in [4.78, 5) is 5.21. The summed E-state index contributed by atoms with van der Waals surface area (Å²) >= 11 is 1.69. The number of hydrogen-bond acceptors (Lipinski definition) is 4. The maximum atomic E-state index is 8.95. The number of thioether (sulfide) groups is 1. The molecule has 0 aliphatic heterocycles. The molecule has 0 fully saturated rings. The monoisotopic (exact) mass is 255 g/mol. The highest BCUT2D eigenvalue weighted by molar-refractivity contribution is 7.98. The normalized spacial score (nSPS) is 10.0. The Bertz CT molecular complexity index is 558. The van der Waals surface area contributed by atoms with Gasteiger partial charge in [-0.1, -0.05) is 18.2 Å². The molecule has 0 bridgehead atoms. The second-order valence-electron chi connectivity index (χ2n) is 3.76. The van der Waals surface area contributed by atoms with Crippen molar-refractivity contribution < 1.29 is 0 Å². The second kappa shape index (κ2) is 6.20. The standard InChI is InChI=1S/C14H13N3S/c15-8-11-3-5-13(6-4-11)18-10-12-2-1-7-17-14(12)9-16/h1-7H,8,10,15H2. The van der Waals surface area contributed by atoms with Crippen molar-refractivity contribution in [2.24, 2.45) is 5.73 Å². The molecule has 90 valence electrons. The summed E-state index contributed by atoms with van der Waals surface area (Å²) in [5, 5.41) is 8.95. The second-order valence-corrected chi connectivity index (χ2v) is 4.81. The molecule has 1 aromatic heterocycles. The number of rotatable bonds is 4. The SMILES string of the molecule is N#Cc1ncccc1CSc1ccc(CN)cc1. The third-order valence-corrected chi connectivity index (χ3v) is 3.61. The first-order valence-corrected chi connectivity index (χ1v) is 6.58. The summed E-state index contributed by atoms with van der Waals surface area (Å²) in [6.07, 6.45) is 1.64. The van der Waals surface area contributed by atoms with Crippen molar-refractivity contribution in [2.45, 2.75) is 17.2 Å². The van der Waals surface area contributed by atoms with Crippen molar-refractivity contribution >= 4 is 11.8 Å². The van der Waals surface area contributed by atoms with E-state index in [4.69, 9.17) is 11.0 Å². The Balaban J connectivity index is 2.05. The predicted molar refractivity (Wildman–Crippen MR) is 72.8 cm³/mol. The first-order valence-electron chi connectivity index (χ1n) is 5.59. The van der Waals surface area contributed by atoms with Crippen LogP contribution in [0.4, 0.5) is 0 Å². The van der Waals surface area contributed by atoms with Gasteiger partial charge in [0.2, 0.25) is 0 Å². The molecule has 18 heavy (non-hydrogen) atoms. The van der Waals surface area contributed by atoms with Crippen LogP contribution in [0, 0.1) is 11.3 Å². The molecule has 4 heteroatoms. The Morgan fingerprint density at radius 1 is 1.22 bits per heavy atom. The predicted octanol–water partition coefficient (Wildman–Crippen LogP) is 2.70. The molecule has 0 saturated carbocycles. The van der Waals surface area contributed by atoms with Gasteiger partial charge in [0.25, 0.3) is 0 Å². The Kier molecular flexibility index (Phi) is 4.35. The summed E-state index contributed by atoms with van der Waals surface area (Å²) in [5.74, 6) is 0.749. The third kappa shape index (κ3) is 3.10. The van der Waals surface area contributed by atoms with Crippen LogP contribution in [0.2, 0.25) is 0 Å². The van der Waals surface area contributed by atoms with E-state index in [1.54, 1.807) is 18.0 Å². The molecule has 2 rings (SSSR count). The van der Waals surface area contributed by atoms with Gasteiger partial charge in [0, 0.05) is 23.4 Å². The summed E-state index contributed by atoms with van der Waals surface area (Å²) in [5.41, 5.74) is 8.14. The molecule has 0 aliphatic rings. The van der Waals surface area contributed by atoms with Crippen LogP contribution >= 0.6 is 11.8 Å². The number of pyridine rings is 1. The van der Waals surface area contributed by atoms with Crippen LogP contribution in [0.1, 0.15) is 16.8 Å². The lowest BCUT2D eigenvalue weighted by Gasteiger charge is -2.04. The first kappa shape index (κ1) is 12.6. The van der Waals surface area contributed by atoms with Crippen molar-refractivity contribution in [3.63, 3.8) is 0 Å². The molecule has 0 spiro atoms. The average Bonchev–Trinajstić information content (AvgIpc) is 2.46. The molecule has 0 unspecified atom stereocenters. The molecule has 0 atom stereocenters. The van der Waals surface area contributed by atoms with Crippen LogP contribution < -0.4 is 5.73 Å². The van der Waals surface area contributed by atoms with Crippen LogP contribution in [-0.4, -0.2) is 4.98 Å². The number of nitriles is 1. The van der Waals surface area contributed by atoms with E-state index in [1.807, 2.05) is 24.3 Å². The van der Waals surface area contributed by atoms with Gasteiger partial charge in [0.15, 0.2) is 0 Å². The minimum Gasteiger partial charge on any atom is -0.326 e. The fourth-order valence-electron chi connectivity index (χ4n) is 1.54. The van der Waals surface area contributed by atoms with Gasteiger partial charge >= 0.3 is 0 Å². The fraction of sp³-hybridized carbons (Fsp3) is 0.143.